The minimum absolute atomic E-state index is 0.378. The second-order valence-corrected chi connectivity index (χ2v) is 2.78. The van der Waals surface area contributed by atoms with E-state index in [1.165, 1.54) is 6.42 Å². The van der Waals surface area contributed by atoms with Gasteiger partial charge in [-0.3, -0.25) is 5.84 Å². The smallest absolute Gasteiger partial charge is 0.0716 e. The average molecular weight is 144 g/mol. The third-order valence-electron chi connectivity index (χ3n) is 1.78. The molecule has 2 N–H and O–H groups in total. The number of nitrogens with two attached hydrogens (primary N) is 1. The highest BCUT2D eigenvalue weighted by Gasteiger charge is 2.16. The van der Waals surface area contributed by atoms with Gasteiger partial charge in [0.1, 0.15) is 0 Å². The van der Waals surface area contributed by atoms with Gasteiger partial charge in [-0.2, -0.15) is 0 Å². The summed E-state index contributed by atoms with van der Waals surface area (Å²) in [5.41, 5.74) is 0. The fraction of sp³-hybridized carbons (Fsp3) is 1.00. The lowest BCUT2D eigenvalue weighted by Crippen LogP contribution is -2.46. The summed E-state index contributed by atoms with van der Waals surface area (Å²) in [5, 5.41) is 1.84. The van der Waals surface area contributed by atoms with E-state index in [-0.39, 0.29) is 0 Å². The molecule has 1 fully saturated rings. The first kappa shape index (κ1) is 7.98. The van der Waals surface area contributed by atoms with Crippen LogP contribution in [-0.2, 0) is 4.74 Å². The topological polar surface area (TPSA) is 38.5 Å². The molecule has 0 aromatic heterocycles. The molecule has 0 spiro atoms. The minimum atomic E-state index is 0.378. The monoisotopic (exact) mass is 144 g/mol. The van der Waals surface area contributed by atoms with Crippen LogP contribution in [0.1, 0.15) is 19.8 Å². The van der Waals surface area contributed by atoms with Crippen molar-refractivity contribution in [2.24, 2.45) is 5.84 Å². The third kappa shape index (κ3) is 2.25. The van der Waals surface area contributed by atoms with Crippen LogP contribution in [0.15, 0.2) is 0 Å². The zero-order valence-corrected chi connectivity index (χ0v) is 6.55. The van der Waals surface area contributed by atoms with Gasteiger partial charge in [0.2, 0.25) is 0 Å². The molecule has 0 aromatic carbocycles. The number of morpholine rings is 1. The summed E-state index contributed by atoms with van der Waals surface area (Å²) in [6.45, 7) is 4.73. The lowest BCUT2D eigenvalue weighted by atomic mass is 10.2. The Morgan fingerprint density at radius 2 is 2.50 bits per heavy atom. The normalized spacial score (nSPS) is 28.8. The summed E-state index contributed by atoms with van der Waals surface area (Å²) < 4.78 is 5.47. The molecule has 60 valence electrons. The van der Waals surface area contributed by atoms with Crippen LogP contribution in [0.2, 0.25) is 0 Å². The molecule has 0 bridgehead atoms. The second-order valence-electron chi connectivity index (χ2n) is 2.78. The summed E-state index contributed by atoms with van der Waals surface area (Å²) in [7, 11) is 0. The molecule has 3 heteroatoms. The van der Waals surface area contributed by atoms with Gasteiger partial charge in [-0.1, -0.05) is 13.3 Å². The molecule has 0 saturated carbocycles. The molecular weight excluding hydrogens is 128 g/mol. The molecule has 1 aliphatic rings. The van der Waals surface area contributed by atoms with Gasteiger partial charge in [0.15, 0.2) is 0 Å². The molecule has 1 saturated heterocycles. The molecule has 0 aromatic rings. The van der Waals surface area contributed by atoms with Crippen LogP contribution in [0.3, 0.4) is 0 Å². The van der Waals surface area contributed by atoms with Crippen molar-refractivity contribution in [2.75, 3.05) is 19.7 Å². The number of hydrazine groups is 1. The standard InChI is InChI=1S/C7H16N2O/c1-2-3-7-6-9(8)4-5-10-7/h7H,2-6,8H2,1H3. The Labute approximate surface area is 62.1 Å². The van der Waals surface area contributed by atoms with Crippen molar-refractivity contribution in [3.63, 3.8) is 0 Å². The van der Waals surface area contributed by atoms with Gasteiger partial charge in [-0.25, -0.2) is 5.01 Å². The fourth-order valence-corrected chi connectivity index (χ4v) is 1.24. The van der Waals surface area contributed by atoms with E-state index >= 15 is 0 Å². The predicted octanol–water partition coefficient (Wildman–Crippen LogP) is 0.361. The zero-order chi connectivity index (χ0) is 7.40. The van der Waals surface area contributed by atoms with E-state index in [0.717, 1.165) is 26.1 Å². The second kappa shape index (κ2) is 3.91. The van der Waals surface area contributed by atoms with E-state index in [1.807, 2.05) is 5.01 Å². The molecule has 1 rings (SSSR count). The SMILES string of the molecule is CCCC1CN(N)CCO1. The number of ether oxygens (including phenoxy) is 1. The van der Waals surface area contributed by atoms with Crippen LogP contribution in [0, 0.1) is 0 Å². The van der Waals surface area contributed by atoms with Crippen LogP contribution in [0.25, 0.3) is 0 Å². The molecule has 0 aliphatic carbocycles. The van der Waals surface area contributed by atoms with Gasteiger partial charge in [-0.15, -0.1) is 0 Å². The average Bonchev–Trinajstić information content (AvgIpc) is 1.88. The highest BCUT2D eigenvalue weighted by Crippen LogP contribution is 2.06. The third-order valence-corrected chi connectivity index (χ3v) is 1.78. The summed E-state index contributed by atoms with van der Waals surface area (Å²) in [6.07, 6.45) is 2.69. The van der Waals surface area contributed by atoms with Crippen molar-refractivity contribution in [2.45, 2.75) is 25.9 Å². The van der Waals surface area contributed by atoms with E-state index < -0.39 is 0 Å². The van der Waals surface area contributed by atoms with Crippen LogP contribution in [0.4, 0.5) is 0 Å². The van der Waals surface area contributed by atoms with Crippen molar-refractivity contribution in [3.05, 3.63) is 0 Å². The van der Waals surface area contributed by atoms with E-state index in [2.05, 4.69) is 6.92 Å². The maximum Gasteiger partial charge on any atom is 0.0716 e. The Morgan fingerprint density at radius 3 is 3.10 bits per heavy atom. The van der Waals surface area contributed by atoms with Crippen molar-refractivity contribution in [3.8, 4) is 0 Å². The van der Waals surface area contributed by atoms with Gasteiger partial charge in [0.25, 0.3) is 0 Å². The number of nitrogens with zero attached hydrogens (tertiary/aromatic N) is 1. The molecule has 1 atom stereocenters. The molecule has 0 amide bonds. The summed E-state index contributed by atoms with van der Waals surface area (Å²) in [4.78, 5) is 0. The first-order chi connectivity index (χ1) is 4.83. The number of rotatable bonds is 2. The molecule has 1 unspecified atom stereocenters. The van der Waals surface area contributed by atoms with E-state index in [9.17, 15) is 0 Å². The van der Waals surface area contributed by atoms with Crippen LogP contribution < -0.4 is 5.84 Å². The Hall–Kier alpha value is -0.120. The van der Waals surface area contributed by atoms with Gasteiger partial charge in [0, 0.05) is 13.1 Å². The first-order valence-corrected chi connectivity index (χ1v) is 3.94. The van der Waals surface area contributed by atoms with Gasteiger partial charge in [-0.05, 0) is 6.42 Å². The Kier molecular flexibility index (Phi) is 3.12. The van der Waals surface area contributed by atoms with E-state index in [0.29, 0.717) is 6.10 Å². The van der Waals surface area contributed by atoms with Gasteiger partial charge in [0.05, 0.1) is 12.7 Å². The maximum absolute atomic E-state index is 5.61. The first-order valence-electron chi connectivity index (χ1n) is 3.94. The molecule has 3 nitrogen and oxygen atoms in total. The van der Waals surface area contributed by atoms with Gasteiger partial charge >= 0.3 is 0 Å². The van der Waals surface area contributed by atoms with E-state index in [1.54, 1.807) is 0 Å². The molecule has 0 radical (unpaired) electrons. The van der Waals surface area contributed by atoms with Crippen molar-refractivity contribution in [1.29, 1.82) is 0 Å². The Balaban J connectivity index is 2.18. The van der Waals surface area contributed by atoms with E-state index in [4.69, 9.17) is 10.6 Å². The van der Waals surface area contributed by atoms with Crippen LogP contribution >= 0.6 is 0 Å². The lowest BCUT2D eigenvalue weighted by Gasteiger charge is -2.29. The van der Waals surface area contributed by atoms with Crippen LogP contribution in [0.5, 0.6) is 0 Å². The Morgan fingerprint density at radius 1 is 1.70 bits per heavy atom. The Bertz CT molecular complexity index is 95.6. The molecule has 10 heavy (non-hydrogen) atoms. The van der Waals surface area contributed by atoms with Crippen molar-refractivity contribution in [1.82, 2.24) is 5.01 Å². The summed E-state index contributed by atoms with van der Waals surface area (Å²) in [6, 6.07) is 0. The maximum atomic E-state index is 5.61. The summed E-state index contributed by atoms with van der Waals surface area (Å²) >= 11 is 0. The summed E-state index contributed by atoms with van der Waals surface area (Å²) in [5.74, 6) is 5.61. The van der Waals surface area contributed by atoms with Crippen LogP contribution in [-0.4, -0.2) is 30.8 Å². The molecule has 1 heterocycles. The number of hydrogen-bond donors (Lipinski definition) is 1. The largest absolute Gasteiger partial charge is 0.375 e. The zero-order valence-electron chi connectivity index (χ0n) is 6.55. The fourth-order valence-electron chi connectivity index (χ4n) is 1.24. The predicted molar refractivity (Wildman–Crippen MR) is 40.4 cm³/mol. The lowest BCUT2D eigenvalue weighted by molar-refractivity contribution is -0.0326. The highest BCUT2D eigenvalue weighted by atomic mass is 16.5. The molecule has 1 aliphatic heterocycles. The van der Waals surface area contributed by atoms with Gasteiger partial charge < -0.3 is 4.74 Å². The minimum Gasteiger partial charge on any atom is -0.375 e. The van der Waals surface area contributed by atoms with Crippen molar-refractivity contribution < 1.29 is 4.74 Å². The highest BCUT2D eigenvalue weighted by molar-refractivity contribution is 4.66. The molecular formula is C7H16N2O. The van der Waals surface area contributed by atoms with Crippen molar-refractivity contribution >= 4 is 0 Å². The quantitative estimate of drug-likeness (QED) is 0.569. The number of hydrogen-bond acceptors (Lipinski definition) is 3.